The van der Waals surface area contributed by atoms with Crippen LogP contribution in [0.25, 0.3) is 0 Å². The van der Waals surface area contributed by atoms with E-state index in [1.807, 2.05) is 0 Å². The van der Waals surface area contributed by atoms with Crippen molar-refractivity contribution in [1.29, 1.82) is 0 Å². The van der Waals surface area contributed by atoms with Crippen molar-refractivity contribution in [2.75, 3.05) is 26.4 Å². The number of phosphoric acid groups is 1. The van der Waals surface area contributed by atoms with Crippen LogP contribution in [0, 0.1) is 0 Å². The number of amides is 2. The van der Waals surface area contributed by atoms with Gasteiger partial charge in [0, 0.05) is 13.0 Å². The van der Waals surface area contributed by atoms with Gasteiger partial charge in [-0.15, -0.1) is 6.58 Å². The summed E-state index contributed by atoms with van der Waals surface area (Å²) < 4.78 is 33.4. The molecule has 31 heavy (non-hydrogen) atoms. The lowest BCUT2D eigenvalue weighted by atomic mass is 10.2. The molecule has 11 nitrogen and oxygen atoms in total. The van der Waals surface area contributed by atoms with Crippen LogP contribution in [0.1, 0.15) is 47.0 Å². The number of rotatable bonds is 17. The Labute approximate surface area is 183 Å². The molecule has 3 N–H and O–H groups in total. The average molecular weight is 466 g/mol. The van der Waals surface area contributed by atoms with E-state index in [0.717, 1.165) is 0 Å². The summed E-state index contributed by atoms with van der Waals surface area (Å²) in [5, 5.41) is 14.0. The summed E-state index contributed by atoms with van der Waals surface area (Å²) in [5.74, 6) is -1.02. The summed E-state index contributed by atoms with van der Waals surface area (Å²) >= 11 is 0. The van der Waals surface area contributed by atoms with E-state index in [2.05, 4.69) is 17.2 Å². The summed E-state index contributed by atoms with van der Waals surface area (Å²) in [4.78, 5) is 34.7. The first kappa shape index (κ1) is 29.2. The Morgan fingerprint density at radius 3 is 2.45 bits per heavy atom. The number of phosphoric ester groups is 1. The van der Waals surface area contributed by atoms with E-state index in [-0.39, 0.29) is 32.6 Å². The number of hydrogen-bond acceptors (Lipinski definition) is 9. The number of hydrogen-bond donors (Lipinski definition) is 3. The average Bonchev–Trinajstić information content (AvgIpc) is 2.65. The van der Waals surface area contributed by atoms with Gasteiger partial charge in [-0.3, -0.25) is 28.0 Å². The third-order valence-corrected chi connectivity index (χ3v) is 4.82. The SMILES string of the molecule is C=CCOP(=O)(OCCCC(=O)OC(C)(C)C)OCC(NC=O)C(=O)NCCC(C)O. The van der Waals surface area contributed by atoms with Crippen LogP contribution in [-0.4, -0.2) is 67.5 Å². The van der Waals surface area contributed by atoms with Crippen LogP contribution in [-0.2, 0) is 37.3 Å². The highest BCUT2D eigenvalue weighted by atomic mass is 31.2. The second-order valence-corrected chi connectivity index (χ2v) is 9.29. The Morgan fingerprint density at radius 1 is 1.23 bits per heavy atom. The van der Waals surface area contributed by atoms with Crippen LogP contribution in [0.5, 0.6) is 0 Å². The first-order chi connectivity index (χ1) is 14.4. The van der Waals surface area contributed by atoms with Crippen LogP contribution in [0.15, 0.2) is 12.7 Å². The largest absolute Gasteiger partial charge is 0.475 e. The second kappa shape index (κ2) is 15.1. The van der Waals surface area contributed by atoms with E-state index in [0.29, 0.717) is 12.8 Å². The molecular formula is C19H35N2O9P. The van der Waals surface area contributed by atoms with Crippen molar-refractivity contribution in [3.63, 3.8) is 0 Å². The highest BCUT2D eigenvalue weighted by Gasteiger charge is 2.30. The van der Waals surface area contributed by atoms with Crippen LogP contribution in [0.4, 0.5) is 0 Å². The van der Waals surface area contributed by atoms with Gasteiger partial charge in [-0.25, -0.2) is 4.57 Å². The molecule has 0 aromatic rings. The van der Waals surface area contributed by atoms with Gasteiger partial charge in [0.25, 0.3) is 0 Å². The monoisotopic (exact) mass is 466 g/mol. The van der Waals surface area contributed by atoms with E-state index in [4.69, 9.17) is 18.3 Å². The topological polar surface area (TPSA) is 149 Å². The molecule has 0 saturated carbocycles. The zero-order valence-corrected chi connectivity index (χ0v) is 19.5. The zero-order valence-electron chi connectivity index (χ0n) is 18.6. The first-order valence-electron chi connectivity index (χ1n) is 9.94. The zero-order chi connectivity index (χ0) is 23.9. The molecule has 0 fully saturated rings. The number of carbonyl (C=O) groups is 3. The third-order valence-electron chi connectivity index (χ3n) is 3.39. The van der Waals surface area contributed by atoms with Crippen molar-refractivity contribution in [3.8, 4) is 0 Å². The molecule has 0 bridgehead atoms. The Bertz CT molecular complexity index is 620. The summed E-state index contributed by atoms with van der Waals surface area (Å²) in [5.41, 5.74) is -0.611. The lowest BCUT2D eigenvalue weighted by Crippen LogP contribution is -2.47. The predicted octanol–water partition coefficient (Wildman–Crippen LogP) is 1.45. The Kier molecular flexibility index (Phi) is 14.2. The number of aliphatic hydroxyl groups is 1. The van der Waals surface area contributed by atoms with Gasteiger partial charge < -0.3 is 20.5 Å². The van der Waals surface area contributed by atoms with Gasteiger partial charge in [-0.2, -0.15) is 0 Å². The maximum atomic E-state index is 12.8. The minimum atomic E-state index is -4.09. The fourth-order valence-corrected chi connectivity index (χ4v) is 3.21. The number of esters is 1. The number of carbonyl (C=O) groups excluding carboxylic acids is 3. The van der Waals surface area contributed by atoms with Crippen LogP contribution in [0.2, 0.25) is 0 Å². The molecule has 0 spiro atoms. The Morgan fingerprint density at radius 2 is 1.90 bits per heavy atom. The van der Waals surface area contributed by atoms with E-state index in [1.54, 1.807) is 27.7 Å². The van der Waals surface area contributed by atoms with Gasteiger partial charge in [-0.05, 0) is 40.5 Å². The van der Waals surface area contributed by atoms with Crippen molar-refractivity contribution < 1.29 is 42.4 Å². The van der Waals surface area contributed by atoms with Gasteiger partial charge in [0.1, 0.15) is 11.6 Å². The molecule has 0 aliphatic carbocycles. The normalized spacial score (nSPS) is 15.3. The summed E-state index contributed by atoms with van der Waals surface area (Å²) in [6, 6.07) is -1.16. The van der Waals surface area contributed by atoms with E-state index < -0.39 is 44.1 Å². The Balaban J connectivity index is 4.74. The van der Waals surface area contributed by atoms with E-state index >= 15 is 0 Å². The lowest BCUT2D eigenvalue weighted by molar-refractivity contribution is -0.155. The first-order valence-corrected chi connectivity index (χ1v) is 11.4. The molecule has 0 aliphatic heterocycles. The molecule has 0 aliphatic rings. The van der Waals surface area contributed by atoms with Gasteiger partial charge in [-0.1, -0.05) is 6.08 Å². The van der Waals surface area contributed by atoms with E-state index in [1.165, 1.54) is 6.08 Å². The van der Waals surface area contributed by atoms with Gasteiger partial charge >= 0.3 is 13.8 Å². The summed E-state index contributed by atoms with van der Waals surface area (Å²) in [6.45, 7) is 9.70. The maximum absolute atomic E-state index is 12.8. The Hall–Kier alpha value is -1.78. The number of nitrogens with one attached hydrogen (secondary N) is 2. The quantitative estimate of drug-likeness (QED) is 0.0952. The predicted molar refractivity (Wildman–Crippen MR) is 113 cm³/mol. The summed E-state index contributed by atoms with van der Waals surface area (Å²) in [6.07, 6.45) is 1.61. The molecule has 3 unspecified atom stereocenters. The van der Waals surface area contributed by atoms with Gasteiger partial charge in [0.15, 0.2) is 0 Å². The van der Waals surface area contributed by atoms with Gasteiger partial charge in [0.05, 0.1) is 25.9 Å². The van der Waals surface area contributed by atoms with Gasteiger partial charge in [0.2, 0.25) is 12.3 Å². The highest BCUT2D eigenvalue weighted by Crippen LogP contribution is 2.49. The molecule has 0 saturated heterocycles. The molecular weight excluding hydrogens is 431 g/mol. The molecule has 0 rings (SSSR count). The van der Waals surface area contributed by atoms with Crippen molar-refractivity contribution in [2.45, 2.75) is 64.7 Å². The maximum Gasteiger partial charge on any atom is 0.475 e. The third kappa shape index (κ3) is 15.6. The smallest absolute Gasteiger partial charge is 0.460 e. The van der Waals surface area contributed by atoms with Crippen LogP contribution >= 0.6 is 7.82 Å². The van der Waals surface area contributed by atoms with Crippen molar-refractivity contribution in [2.24, 2.45) is 0 Å². The fourth-order valence-electron chi connectivity index (χ4n) is 2.02. The molecule has 12 heteroatoms. The fraction of sp³-hybridized carbons (Fsp3) is 0.737. The van der Waals surface area contributed by atoms with Crippen molar-refractivity contribution in [1.82, 2.24) is 10.6 Å². The van der Waals surface area contributed by atoms with Crippen molar-refractivity contribution >= 4 is 26.1 Å². The number of aliphatic hydroxyl groups excluding tert-OH is 1. The number of ether oxygens (including phenoxy) is 1. The van der Waals surface area contributed by atoms with Crippen LogP contribution in [0.3, 0.4) is 0 Å². The lowest BCUT2D eigenvalue weighted by Gasteiger charge is -2.21. The highest BCUT2D eigenvalue weighted by molar-refractivity contribution is 7.48. The van der Waals surface area contributed by atoms with E-state index in [9.17, 15) is 24.1 Å². The molecule has 0 radical (unpaired) electrons. The standard InChI is InChI=1S/C19H35N2O9P/c1-6-11-27-31(26,28-12-7-8-17(24)30-19(3,4)5)29-13-16(21-14-22)18(25)20-10-9-15(2)23/h6,14-16,23H,1,7-13H2,2-5H3,(H,20,25)(H,21,22). The molecule has 0 aromatic heterocycles. The molecule has 3 atom stereocenters. The van der Waals surface area contributed by atoms with Crippen LogP contribution < -0.4 is 10.6 Å². The molecule has 0 aromatic carbocycles. The van der Waals surface area contributed by atoms with Crippen molar-refractivity contribution in [3.05, 3.63) is 12.7 Å². The molecule has 0 heterocycles. The summed E-state index contributed by atoms with van der Waals surface area (Å²) in [7, 11) is -4.09. The molecule has 2 amide bonds. The minimum Gasteiger partial charge on any atom is -0.460 e. The molecule has 180 valence electrons. The second-order valence-electron chi connectivity index (χ2n) is 7.62. The minimum absolute atomic E-state index is 0.0414.